The molecule has 0 radical (unpaired) electrons. The summed E-state index contributed by atoms with van der Waals surface area (Å²) in [6.45, 7) is 6.95. The Balaban J connectivity index is 1.57. The first-order chi connectivity index (χ1) is 11.1. The minimum absolute atomic E-state index is 0.273. The standard InChI is InChI=1S/C18H29NO4/c1-14(2)19-11-16(20)13-23-18-7-5-17(6-8-18)22-10-9-21-12-15-3-4-15/h5-8,14-16,19-20H,3-4,9-13H2,1-2H3/t16-/m0/s1. The van der Waals surface area contributed by atoms with Crippen molar-refractivity contribution in [1.82, 2.24) is 5.32 Å². The number of aliphatic hydroxyl groups excluding tert-OH is 1. The Morgan fingerprint density at radius 2 is 1.74 bits per heavy atom. The van der Waals surface area contributed by atoms with Crippen LogP contribution in [0, 0.1) is 5.92 Å². The molecule has 0 amide bonds. The van der Waals surface area contributed by atoms with E-state index in [9.17, 15) is 5.11 Å². The number of hydrogen-bond donors (Lipinski definition) is 2. The third-order valence-electron chi connectivity index (χ3n) is 3.57. The van der Waals surface area contributed by atoms with Crippen molar-refractivity contribution in [3.05, 3.63) is 24.3 Å². The van der Waals surface area contributed by atoms with Gasteiger partial charge in [0.05, 0.1) is 6.61 Å². The van der Waals surface area contributed by atoms with Crippen LogP contribution in [0.25, 0.3) is 0 Å². The number of nitrogens with one attached hydrogen (secondary N) is 1. The molecule has 0 saturated heterocycles. The summed E-state index contributed by atoms with van der Waals surface area (Å²) in [7, 11) is 0. The van der Waals surface area contributed by atoms with Crippen LogP contribution in [0.4, 0.5) is 0 Å². The molecule has 5 nitrogen and oxygen atoms in total. The van der Waals surface area contributed by atoms with Gasteiger partial charge >= 0.3 is 0 Å². The maximum Gasteiger partial charge on any atom is 0.119 e. The smallest absolute Gasteiger partial charge is 0.119 e. The number of ether oxygens (including phenoxy) is 3. The molecule has 1 aromatic carbocycles. The Kier molecular flexibility index (Phi) is 7.65. The molecule has 1 aliphatic carbocycles. The van der Waals surface area contributed by atoms with Crippen molar-refractivity contribution in [2.45, 2.75) is 38.8 Å². The van der Waals surface area contributed by atoms with Crippen molar-refractivity contribution in [3.63, 3.8) is 0 Å². The first-order valence-electron chi connectivity index (χ1n) is 8.48. The van der Waals surface area contributed by atoms with Crippen LogP contribution in [0.2, 0.25) is 0 Å². The van der Waals surface area contributed by atoms with E-state index in [-0.39, 0.29) is 6.61 Å². The Morgan fingerprint density at radius 1 is 1.09 bits per heavy atom. The van der Waals surface area contributed by atoms with Gasteiger partial charge in [0.2, 0.25) is 0 Å². The van der Waals surface area contributed by atoms with Crippen LogP contribution >= 0.6 is 0 Å². The maximum atomic E-state index is 9.80. The summed E-state index contributed by atoms with van der Waals surface area (Å²) in [5.74, 6) is 2.32. The fourth-order valence-electron chi connectivity index (χ4n) is 2.01. The summed E-state index contributed by atoms with van der Waals surface area (Å²) in [5.41, 5.74) is 0. The van der Waals surface area contributed by atoms with Crippen LogP contribution in [-0.2, 0) is 4.74 Å². The second kappa shape index (κ2) is 9.75. The van der Waals surface area contributed by atoms with Gasteiger partial charge in [-0.3, -0.25) is 0 Å². The van der Waals surface area contributed by atoms with Gasteiger partial charge in [0, 0.05) is 19.2 Å². The van der Waals surface area contributed by atoms with Gasteiger partial charge in [-0.1, -0.05) is 13.8 Å². The Bertz CT molecular complexity index is 431. The molecule has 0 heterocycles. The number of benzene rings is 1. The SMILES string of the molecule is CC(C)NC[C@H](O)COc1ccc(OCCOCC2CC2)cc1. The van der Waals surface area contributed by atoms with Gasteiger partial charge in [-0.2, -0.15) is 0 Å². The topological polar surface area (TPSA) is 60.0 Å². The first kappa shape index (κ1) is 18.0. The summed E-state index contributed by atoms with van der Waals surface area (Å²) >= 11 is 0. The van der Waals surface area contributed by atoms with Crippen molar-refractivity contribution in [2.24, 2.45) is 5.92 Å². The van der Waals surface area contributed by atoms with E-state index in [1.807, 2.05) is 38.1 Å². The highest BCUT2D eigenvalue weighted by atomic mass is 16.5. The van der Waals surface area contributed by atoms with Crippen molar-refractivity contribution in [1.29, 1.82) is 0 Å². The molecule has 1 saturated carbocycles. The van der Waals surface area contributed by atoms with Gasteiger partial charge in [-0.15, -0.1) is 0 Å². The zero-order valence-electron chi connectivity index (χ0n) is 14.2. The Hall–Kier alpha value is -1.30. The summed E-state index contributed by atoms with van der Waals surface area (Å²) in [4.78, 5) is 0. The van der Waals surface area contributed by atoms with Gasteiger partial charge in [0.25, 0.3) is 0 Å². The van der Waals surface area contributed by atoms with E-state index in [0.29, 0.717) is 25.8 Å². The van der Waals surface area contributed by atoms with Gasteiger partial charge in [-0.25, -0.2) is 0 Å². The van der Waals surface area contributed by atoms with Crippen LogP contribution in [0.5, 0.6) is 11.5 Å². The molecule has 1 aromatic rings. The summed E-state index contributed by atoms with van der Waals surface area (Å²) < 4.78 is 16.7. The van der Waals surface area contributed by atoms with E-state index in [2.05, 4.69) is 5.32 Å². The zero-order valence-corrected chi connectivity index (χ0v) is 14.2. The number of hydrogen-bond acceptors (Lipinski definition) is 5. The van der Waals surface area contributed by atoms with Gasteiger partial charge in [-0.05, 0) is 43.0 Å². The van der Waals surface area contributed by atoms with Gasteiger partial charge in [0.1, 0.15) is 30.8 Å². The molecular weight excluding hydrogens is 294 g/mol. The van der Waals surface area contributed by atoms with Gasteiger partial charge < -0.3 is 24.6 Å². The Labute approximate surface area is 138 Å². The largest absolute Gasteiger partial charge is 0.491 e. The van der Waals surface area contributed by atoms with E-state index in [0.717, 1.165) is 24.0 Å². The lowest BCUT2D eigenvalue weighted by Crippen LogP contribution is -2.35. The fraction of sp³-hybridized carbons (Fsp3) is 0.667. The summed E-state index contributed by atoms with van der Waals surface area (Å²) in [6, 6.07) is 7.80. The highest BCUT2D eigenvalue weighted by molar-refractivity contribution is 5.31. The zero-order chi connectivity index (χ0) is 16.5. The van der Waals surface area contributed by atoms with Crippen LogP contribution < -0.4 is 14.8 Å². The maximum absolute atomic E-state index is 9.80. The summed E-state index contributed by atoms with van der Waals surface area (Å²) in [6.07, 6.45) is 2.10. The third kappa shape index (κ3) is 8.21. The van der Waals surface area contributed by atoms with Crippen LogP contribution in [0.1, 0.15) is 26.7 Å². The minimum Gasteiger partial charge on any atom is -0.491 e. The second-order valence-corrected chi connectivity index (χ2v) is 6.37. The van der Waals surface area contributed by atoms with E-state index >= 15 is 0 Å². The fourth-order valence-corrected chi connectivity index (χ4v) is 2.01. The molecule has 2 N–H and O–H groups in total. The number of aliphatic hydroxyl groups is 1. The summed E-state index contributed by atoms with van der Waals surface area (Å²) in [5, 5.41) is 13.0. The first-order valence-corrected chi connectivity index (χ1v) is 8.48. The highest BCUT2D eigenvalue weighted by Crippen LogP contribution is 2.28. The van der Waals surface area contributed by atoms with Crippen molar-refractivity contribution < 1.29 is 19.3 Å². The number of rotatable bonds is 12. The lowest BCUT2D eigenvalue weighted by atomic mass is 10.3. The molecular formula is C18H29NO4. The predicted octanol–water partition coefficient (Wildman–Crippen LogP) is 2.23. The van der Waals surface area contributed by atoms with Crippen LogP contribution in [0.15, 0.2) is 24.3 Å². The van der Waals surface area contributed by atoms with E-state index < -0.39 is 6.10 Å². The van der Waals surface area contributed by atoms with Crippen molar-refractivity contribution >= 4 is 0 Å². The molecule has 23 heavy (non-hydrogen) atoms. The second-order valence-electron chi connectivity index (χ2n) is 6.37. The average Bonchev–Trinajstić information content (AvgIpc) is 3.36. The molecule has 0 aliphatic heterocycles. The normalized spacial score (nSPS) is 15.7. The molecule has 2 rings (SSSR count). The van der Waals surface area contributed by atoms with Crippen LogP contribution in [0.3, 0.4) is 0 Å². The molecule has 1 atom stereocenters. The Morgan fingerprint density at radius 3 is 2.35 bits per heavy atom. The van der Waals surface area contributed by atoms with Crippen molar-refractivity contribution in [3.8, 4) is 11.5 Å². The third-order valence-corrected chi connectivity index (χ3v) is 3.57. The molecule has 1 fully saturated rings. The van der Waals surface area contributed by atoms with Crippen molar-refractivity contribution in [2.75, 3.05) is 33.0 Å². The minimum atomic E-state index is -0.517. The van der Waals surface area contributed by atoms with E-state index in [4.69, 9.17) is 14.2 Å². The molecule has 0 bridgehead atoms. The molecule has 0 unspecified atom stereocenters. The van der Waals surface area contributed by atoms with Crippen LogP contribution in [-0.4, -0.2) is 50.2 Å². The van der Waals surface area contributed by atoms with E-state index in [1.165, 1.54) is 12.8 Å². The predicted molar refractivity (Wildman–Crippen MR) is 90.1 cm³/mol. The highest BCUT2D eigenvalue weighted by Gasteiger charge is 2.20. The van der Waals surface area contributed by atoms with E-state index in [1.54, 1.807) is 0 Å². The molecule has 5 heteroatoms. The molecule has 1 aliphatic rings. The average molecular weight is 323 g/mol. The molecule has 0 aromatic heterocycles. The van der Waals surface area contributed by atoms with Gasteiger partial charge in [0.15, 0.2) is 0 Å². The monoisotopic (exact) mass is 323 g/mol. The molecule has 0 spiro atoms. The lowest BCUT2D eigenvalue weighted by molar-refractivity contribution is 0.0925. The lowest BCUT2D eigenvalue weighted by Gasteiger charge is -2.15. The molecule has 130 valence electrons. The quantitative estimate of drug-likeness (QED) is 0.578.